The molecule has 0 bridgehead atoms. The molecular formula is C18H19ClF2. The van der Waals surface area contributed by atoms with Crippen LogP contribution in [0.15, 0.2) is 42.5 Å². The molecule has 0 N–H and O–H groups in total. The van der Waals surface area contributed by atoms with Gasteiger partial charge in [0.2, 0.25) is 0 Å². The van der Waals surface area contributed by atoms with Crippen LogP contribution in [0.5, 0.6) is 0 Å². The van der Waals surface area contributed by atoms with Crippen molar-refractivity contribution in [1.82, 2.24) is 0 Å². The lowest BCUT2D eigenvalue weighted by atomic mass is 9.98. The Hall–Kier alpha value is -1.41. The zero-order valence-corrected chi connectivity index (χ0v) is 13.1. The first-order valence-electron chi connectivity index (χ1n) is 7.25. The average molecular weight is 309 g/mol. The Bertz CT molecular complexity index is 603. The Morgan fingerprint density at radius 2 is 1.57 bits per heavy atom. The zero-order chi connectivity index (χ0) is 15.5. The summed E-state index contributed by atoms with van der Waals surface area (Å²) < 4.78 is 27.8. The number of hydrogen-bond donors (Lipinski definition) is 0. The van der Waals surface area contributed by atoms with Crippen LogP contribution in [0.3, 0.4) is 0 Å². The highest BCUT2D eigenvalue weighted by Gasteiger charge is 2.31. The maximum atomic E-state index is 13.9. The number of aryl methyl sites for hydroxylation is 1. The van der Waals surface area contributed by atoms with Gasteiger partial charge in [-0.1, -0.05) is 62.2 Å². The van der Waals surface area contributed by atoms with E-state index < -0.39 is 5.92 Å². The second kappa shape index (κ2) is 6.57. The minimum absolute atomic E-state index is 0.0956. The van der Waals surface area contributed by atoms with E-state index in [1.54, 1.807) is 12.1 Å². The van der Waals surface area contributed by atoms with E-state index in [4.69, 9.17) is 11.6 Å². The summed E-state index contributed by atoms with van der Waals surface area (Å²) in [6.45, 7) is 3.59. The fraction of sp³-hybridized carbons (Fsp3) is 0.333. The van der Waals surface area contributed by atoms with Gasteiger partial charge in [0.25, 0.3) is 5.92 Å². The zero-order valence-electron chi connectivity index (χ0n) is 12.3. The molecule has 0 atom stereocenters. The quantitative estimate of drug-likeness (QED) is 0.594. The van der Waals surface area contributed by atoms with Crippen LogP contribution in [0.25, 0.3) is 11.1 Å². The molecule has 112 valence electrons. The van der Waals surface area contributed by atoms with Gasteiger partial charge < -0.3 is 0 Å². The first kappa shape index (κ1) is 16.0. The van der Waals surface area contributed by atoms with Gasteiger partial charge in [-0.2, -0.15) is 0 Å². The van der Waals surface area contributed by atoms with Gasteiger partial charge in [-0.15, -0.1) is 0 Å². The van der Waals surface area contributed by atoms with Crippen LogP contribution in [0.1, 0.15) is 37.8 Å². The van der Waals surface area contributed by atoms with Crippen LogP contribution >= 0.6 is 11.6 Å². The summed E-state index contributed by atoms with van der Waals surface area (Å²) >= 11 is 5.93. The van der Waals surface area contributed by atoms with Crippen LogP contribution in [0, 0.1) is 0 Å². The molecule has 0 spiro atoms. The fourth-order valence-corrected chi connectivity index (χ4v) is 2.58. The number of alkyl halides is 2. The van der Waals surface area contributed by atoms with E-state index in [1.165, 1.54) is 18.6 Å². The topological polar surface area (TPSA) is 0 Å². The van der Waals surface area contributed by atoms with Crippen LogP contribution in [0.4, 0.5) is 8.78 Å². The van der Waals surface area contributed by atoms with Crippen molar-refractivity contribution in [1.29, 1.82) is 0 Å². The number of benzene rings is 2. The van der Waals surface area contributed by atoms with E-state index in [0.717, 1.165) is 24.0 Å². The van der Waals surface area contributed by atoms with Crippen molar-refractivity contribution in [3.63, 3.8) is 0 Å². The standard InChI is InChI=1S/C18H19ClF2/c1-3-5-13-6-8-14(9-7-13)15-10-11-17(19)16(12-15)18(20,21)4-2/h6-12H,3-5H2,1-2H3. The molecule has 3 heteroatoms. The summed E-state index contributed by atoms with van der Waals surface area (Å²) in [5, 5.41) is 0.119. The molecule has 2 rings (SSSR count). The van der Waals surface area contributed by atoms with Crippen LogP contribution in [-0.4, -0.2) is 0 Å². The van der Waals surface area contributed by atoms with Gasteiger partial charge in [0, 0.05) is 17.0 Å². The third kappa shape index (κ3) is 3.62. The van der Waals surface area contributed by atoms with Gasteiger partial charge in [0.1, 0.15) is 0 Å². The van der Waals surface area contributed by atoms with Gasteiger partial charge in [0.15, 0.2) is 0 Å². The summed E-state index contributed by atoms with van der Waals surface area (Å²) in [4.78, 5) is 0. The van der Waals surface area contributed by atoms with Crippen molar-refractivity contribution < 1.29 is 8.78 Å². The SMILES string of the molecule is CCCc1ccc(-c2ccc(Cl)c(C(F)(F)CC)c2)cc1. The molecule has 0 radical (unpaired) electrons. The monoisotopic (exact) mass is 308 g/mol. The van der Waals surface area contributed by atoms with E-state index in [9.17, 15) is 8.78 Å². The lowest BCUT2D eigenvalue weighted by Crippen LogP contribution is -2.12. The second-order valence-corrected chi connectivity index (χ2v) is 5.61. The highest BCUT2D eigenvalue weighted by atomic mass is 35.5. The van der Waals surface area contributed by atoms with Gasteiger partial charge in [-0.05, 0) is 35.2 Å². The second-order valence-electron chi connectivity index (χ2n) is 5.20. The maximum Gasteiger partial charge on any atom is 0.274 e. The molecule has 0 fully saturated rings. The van der Waals surface area contributed by atoms with Gasteiger partial charge in [-0.3, -0.25) is 0 Å². The van der Waals surface area contributed by atoms with E-state index in [-0.39, 0.29) is 17.0 Å². The molecule has 0 saturated carbocycles. The van der Waals surface area contributed by atoms with Gasteiger partial charge in [0.05, 0.1) is 0 Å². The van der Waals surface area contributed by atoms with E-state index in [0.29, 0.717) is 0 Å². The molecule has 0 amide bonds. The molecule has 0 aliphatic carbocycles. The van der Waals surface area contributed by atoms with Crippen molar-refractivity contribution >= 4 is 11.6 Å². The fourth-order valence-electron chi connectivity index (χ4n) is 2.33. The third-order valence-electron chi connectivity index (χ3n) is 3.63. The van der Waals surface area contributed by atoms with Crippen molar-refractivity contribution in [3.8, 4) is 11.1 Å². The molecule has 2 aromatic rings. The number of hydrogen-bond acceptors (Lipinski definition) is 0. The molecule has 0 aliphatic rings. The van der Waals surface area contributed by atoms with Crippen molar-refractivity contribution in [3.05, 3.63) is 58.6 Å². The number of rotatable bonds is 5. The normalized spacial score (nSPS) is 11.7. The highest BCUT2D eigenvalue weighted by molar-refractivity contribution is 6.31. The molecule has 0 nitrogen and oxygen atoms in total. The first-order valence-corrected chi connectivity index (χ1v) is 7.63. The molecule has 0 aliphatic heterocycles. The summed E-state index contributed by atoms with van der Waals surface area (Å²) in [6.07, 6.45) is 1.86. The lowest BCUT2D eigenvalue weighted by molar-refractivity contribution is -0.00812. The Balaban J connectivity index is 2.38. The van der Waals surface area contributed by atoms with Crippen molar-refractivity contribution in [2.24, 2.45) is 0 Å². The van der Waals surface area contributed by atoms with E-state index >= 15 is 0 Å². The minimum Gasteiger partial charge on any atom is -0.201 e. The van der Waals surface area contributed by atoms with Gasteiger partial charge >= 0.3 is 0 Å². The predicted octanol–water partition coefficient (Wildman–Crippen LogP) is 6.46. The largest absolute Gasteiger partial charge is 0.274 e. The average Bonchev–Trinajstić information content (AvgIpc) is 2.49. The summed E-state index contributed by atoms with van der Waals surface area (Å²) in [7, 11) is 0. The van der Waals surface area contributed by atoms with Gasteiger partial charge in [-0.25, -0.2) is 8.78 Å². The third-order valence-corrected chi connectivity index (χ3v) is 3.96. The van der Waals surface area contributed by atoms with Crippen LogP contribution in [0.2, 0.25) is 5.02 Å². The molecule has 0 unspecified atom stereocenters. The first-order chi connectivity index (χ1) is 9.97. The smallest absolute Gasteiger partial charge is 0.201 e. The Morgan fingerprint density at radius 3 is 2.14 bits per heavy atom. The predicted molar refractivity (Wildman–Crippen MR) is 85.1 cm³/mol. The van der Waals surface area contributed by atoms with E-state index in [2.05, 4.69) is 6.92 Å². The summed E-state index contributed by atoms with van der Waals surface area (Å²) in [5.41, 5.74) is 2.86. The van der Waals surface area contributed by atoms with Crippen LogP contribution in [-0.2, 0) is 12.3 Å². The lowest BCUT2D eigenvalue weighted by Gasteiger charge is -2.17. The maximum absolute atomic E-state index is 13.9. The van der Waals surface area contributed by atoms with E-state index in [1.807, 2.05) is 24.3 Å². The summed E-state index contributed by atoms with van der Waals surface area (Å²) in [5.74, 6) is -2.89. The van der Waals surface area contributed by atoms with Crippen LogP contribution < -0.4 is 0 Å². The molecule has 0 saturated heterocycles. The van der Waals surface area contributed by atoms with Crippen molar-refractivity contribution in [2.75, 3.05) is 0 Å². The van der Waals surface area contributed by atoms with Crippen molar-refractivity contribution in [2.45, 2.75) is 39.0 Å². The Morgan fingerprint density at radius 1 is 0.952 bits per heavy atom. The Labute approximate surface area is 129 Å². The summed E-state index contributed by atoms with van der Waals surface area (Å²) in [6, 6.07) is 12.9. The molecule has 0 aromatic heterocycles. The minimum atomic E-state index is -2.89. The number of halogens is 3. The molecule has 2 aromatic carbocycles. The molecule has 21 heavy (non-hydrogen) atoms. The highest BCUT2D eigenvalue weighted by Crippen LogP contribution is 2.38. The Kier molecular flexibility index (Phi) is 5.00. The molecule has 0 heterocycles. The molecular weight excluding hydrogens is 290 g/mol.